The number of hydrogen-bond donors (Lipinski definition) is 1. The number of amides is 1. The Labute approximate surface area is 177 Å². The smallest absolute Gasteiger partial charge is 0.310 e. The number of benzene rings is 2. The summed E-state index contributed by atoms with van der Waals surface area (Å²) in [7, 11) is -3.18. The molecule has 0 saturated carbocycles. The van der Waals surface area contributed by atoms with E-state index in [1.54, 1.807) is 4.90 Å². The molecule has 1 atom stereocenters. The average Bonchev–Trinajstić information content (AvgIpc) is 3.08. The highest BCUT2D eigenvalue weighted by molar-refractivity contribution is 7.91. The van der Waals surface area contributed by atoms with Crippen LogP contribution in [0.3, 0.4) is 0 Å². The number of para-hydroxylation sites is 1. The molecule has 1 aliphatic heterocycles. The predicted octanol–water partition coefficient (Wildman–Crippen LogP) is 3.15. The van der Waals surface area contributed by atoms with Crippen LogP contribution in [0.25, 0.3) is 0 Å². The second kappa shape index (κ2) is 9.30. The molecule has 1 amide bonds. The van der Waals surface area contributed by atoms with Gasteiger partial charge in [-0.1, -0.05) is 18.2 Å². The van der Waals surface area contributed by atoms with Crippen molar-refractivity contribution in [3.63, 3.8) is 0 Å². The third-order valence-corrected chi connectivity index (χ3v) is 6.66. The molecular weight excluding hydrogens is 404 g/mol. The lowest BCUT2D eigenvalue weighted by molar-refractivity contribution is -0.151. The van der Waals surface area contributed by atoms with Crippen LogP contribution in [0.2, 0.25) is 0 Å². The Morgan fingerprint density at radius 1 is 1.07 bits per heavy atom. The van der Waals surface area contributed by atoms with Gasteiger partial charge in [0.1, 0.15) is 0 Å². The SMILES string of the molecule is CC(C)N(C(=O)COC(=O)C1CCS(=O)(=O)C1)c1ccc(Nc2ccccc2)cc1. The van der Waals surface area contributed by atoms with Crippen molar-refractivity contribution in [2.75, 3.05) is 28.3 Å². The van der Waals surface area contributed by atoms with Gasteiger partial charge in [0, 0.05) is 23.1 Å². The quantitative estimate of drug-likeness (QED) is 0.679. The Bertz CT molecular complexity index is 988. The lowest BCUT2D eigenvalue weighted by Gasteiger charge is -2.27. The third-order valence-electron chi connectivity index (χ3n) is 4.90. The highest BCUT2D eigenvalue weighted by atomic mass is 32.2. The van der Waals surface area contributed by atoms with E-state index in [4.69, 9.17) is 4.74 Å². The van der Waals surface area contributed by atoms with Gasteiger partial charge in [0.05, 0.1) is 17.4 Å². The molecule has 0 aromatic heterocycles. The molecule has 0 radical (unpaired) electrons. The molecule has 0 bridgehead atoms. The number of hydrogen-bond acceptors (Lipinski definition) is 6. The molecule has 0 spiro atoms. The molecule has 1 aliphatic rings. The van der Waals surface area contributed by atoms with Crippen LogP contribution in [0.5, 0.6) is 0 Å². The van der Waals surface area contributed by atoms with Crippen molar-refractivity contribution in [1.82, 2.24) is 0 Å². The van der Waals surface area contributed by atoms with Crippen molar-refractivity contribution in [3.8, 4) is 0 Å². The molecule has 1 saturated heterocycles. The Morgan fingerprint density at radius 2 is 1.70 bits per heavy atom. The molecule has 1 fully saturated rings. The summed E-state index contributed by atoms with van der Waals surface area (Å²) in [5.41, 5.74) is 2.53. The van der Waals surface area contributed by atoms with Crippen molar-refractivity contribution in [2.45, 2.75) is 26.3 Å². The summed E-state index contributed by atoms with van der Waals surface area (Å²) in [6, 6.07) is 17.0. The monoisotopic (exact) mass is 430 g/mol. The second-order valence-electron chi connectivity index (χ2n) is 7.60. The Hall–Kier alpha value is -2.87. The van der Waals surface area contributed by atoms with Gasteiger partial charge < -0.3 is 15.0 Å². The maximum absolute atomic E-state index is 12.7. The molecule has 1 unspecified atom stereocenters. The van der Waals surface area contributed by atoms with Gasteiger partial charge in [-0.2, -0.15) is 0 Å². The first kappa shape index (κ1) is 21.8. The fraction of sp³-hybridized carbons (Fsp3) is 0.364. The van der Waals surface area contributed by atoms with Gasteiger partial charge in [0.15, 0.2) is 16.4 Å². The Balaban J connectivity index is 1.62. The summed E-state index contributed by atoms with van der Waals surface area (Å²) >= 11 is 0. The normalized spacial score (nSPS) is 17.5. The van der Waals surface area contributed by atoms with Crippen LogP contribution >= 0.6 is 0 Å². The molecule has 0 aliphatic carbocycles. The zero-order chi connectivity index (χ0) is 21.7. The van der Waals surface area contributed by atoms with Crippen LogP contribution in [0.1, 0.15) is 20.3 Å². The molecular formula is C22H26N2O5S. The van der Waals surface area contributed by atoms with Crippen molar-refractivity contribution in [3.05, 3.63) is 54.6 Å². The molecule has 2 aromatic carbocycles. The van der Waals surface area contributed by atoms with Crippen molar-refractivity contribution < 1.29 is 22.7 Å². The number of anilines is 3. The molecule has 7 nitrogen and oxygen atoms in total. The average molecular weight is 431 g/mol. The fourth-order valence-electron chi connectivity index (χ4n) is 3.42. The molecule has 160 valence electrons. The summed E-state index contributed by atoms with van der Waals surface area (Å²) in [4.78, 5) is 26.4. The van der Waals surface area contributed by atoms with Gasteiger partial charge >= 0.3 is 5.97 Å². The number of carbonyl (C=O) groups excluding carboxylic acids is 2. The number of esters is 1. The number of nitrogens with one attached hydrogen (secondary N) is 1. The second-order valence-corrected chi connectivity index (χ2v) is 9.83. The van der Waals surface area contributed by atoms with Gasteiger partial charge in [0.2, 0.25) is 0 Å². The summed E-state index contributed by atoms with van der Waals surface area (Å²) in [5.74, 6) is -1.89. The van der Waals surface area contributed by atoms with E-state index in [0.29, 0.717) is 5.69 Å². The number of nitrogens with zero attached hydrogens (tertiary/aromatic N) is 1. The van der Waals surface area contributed by atoms with E-state index in [0.717, 1.165) is 11.4 Å². The van der Waals surface area contributed by atoms with Crippen LogP contribution in [-0.2, 0) is 24.2 Å². The topological polar surface area (TPSA) is 92.8 Å². The van der Waals surface area contributed by atoms with Gasteiger partial charge in [0.25, 0.3) is 5.91 Å². The highest BCUT2D eigenvalue weighted by Crippen LogP contribution is 2.23. The minimum atomic E-state index is -3.18. The lowest BCUT2D eigenvalue weighted by Crippen LogP contribution is -2.40. The molecule has 8 heteroatoms. The van der Waals surface area contributed by atoms with Crippen molar-refractivity contribution >= 4 is 38.8 Å². The summed E-state index contributed by atoms with van der Waals surface area (Å²) in [6.45, 7) is 3.33. The van der Waals surface area contributed by atoms with Gasteiger partial charge in [-0.25, -0.2) is 8.42 Å². The van der Waals surface area contributed by atoms with E-state index < -0.39 is 28.3 Å². The zero-order valence-electron chi connectivity index (χ0n) is 17.1. The predicted molar refractivity (Wildman–Crippen MR) is 117 cm³/mol. The Kier molecular flexibility index (Phi) is 6.77. The minimum Gasteiger partial charge on any atom is -0.455 e. The van der Waals surface area contributed by atoms with Crippen LogP contribution < -0.4 is 10.2 Å². The molecule has 1 N–H and O–H groups in total. The summed E-state index contributed by atoms with van der Waals surface area (Å²) in [5, 5.41) is 3.28. The third kappa shape index (κ3) is 5.60. The van der Waals surface area contributed by atoms with Crippen LogP contribution in [0, 0.1) is 5.92 Å². The first-order valence-electron chi connectivity index (χ1n) is 9.86. The first-order valence-corrected chi connectivity index (χ1v) is 11.7. The molecule has 2 aromatic rings. The van der Waals surface area contributed by atoms with Gasteiger partial charge in [-0.15, -0.1) is 0 Å². The van der Waals surface area contributed by atoms with Crippen LogP contribution in [0.4, 0.5) is 17.1 Å². The van der Waals surface area contributed by atoms with E-state index in [1.165, 1.54) is 0 Å². The maximum Gasteiger partial charge on any atom is 0.310 e. The minimum absolute atomic E-state index is 0.0117. The summed E-state index contributed by atoms with van der Waals surface area (Å²) < 4.78 is 28.2. The standard InChI is InChI=1S/C22H26N2O5S/c1-16(2)24(21(25)14-29-22(26)17-12-13-30(27,28)15-17)20-10-8-19(9-11-20)23-18-6-4-3-5-7-18/h3-11,16-17,23H,12-15H2,1-2H3. The lowest BCUT2D eigenvalue weighted by atomic mass is 10.1. The highest BCUT2D eigenvalue weighted by Gasteiger charge is 2.34. The van der Waals surface area contributed by atoms with Gasteiger partial charge in [-0.05, 0) is 56.7 Å². The molecule has 3 rings (SSSR count). The maximum atomic E-state index is 12.7. The van der Waals surface area contributed by atoms with E-state index in [9.17, 15) is 18.0 Å². The van der Waals surface area contributed by atoms with Crippen molar-refractivity contribution in [2.24, 2.45) is 5.92 Å². The molecule has 1 heterocycles. The largest absolute Gasteiger partial charge is 0.455 e. The first-order chi connectivity index (χ1) is 14.2. The van der Waals surface area contributed by atoms with E-state index in [2.05, 4.69) is 5.32 Å². The molecule has 30 heavy (non-hydrogen) atoms. The summed E-state index contributed by atoms with van der Waals surface area (Å²) in [6.07, 6.45) is 0.249. The van der Waals surface area contributed by atoms with Crippen molar-refractivity contribution in [1.29, 1.82) is 0 Å². The number of rotatable bonds is 7. The number of carbonyl (C=O) groups is 2. The van der Waals surface area contributed by atoms with E-state index in [1.807, 2.05) is 68.4 Å². The number of ether oxygens (including phenoxy) is 1. The van der Waals surface area contributed by atoms with E-state index in [-0.39, 0.29) is 29.9 Å². The van der Waals surface area contributed by atoms with Gasteiger partial charge in [-0.3, -0.25) is 9.59 Å². The van der Waals surface area contributed by atoms with Crippen LogP contribution in [-0.4, -0.2) is 44.4 Å². The van der Waals surface area contributed by atoms with Crippen LogP contribution in [0.15, 0.2) is 54.6 Å². The Morgan fingerprint density at radius 3 is 2.27 bits per heavy atom. The number of sulfone groups is 1. The fourth-order valence-corrected chi connectivity index (χ4v) is 5.15. The van der Waals surface area contributed by atoms with E-state index >= 15 is 0 Å². The zero-order valence-corrected chi connectivity index (χ0v) is 17.9.